The van der Waals surface area contributed by atoms with Gasteiger partial charge in [-0.05, 0) is 68.4 Å². The Hall–Kier alpha value is -2.41. The number of nitrogens with zero attached hydrogens (tertiary/aromatic N) is 1. The molecule has 0 saturated heterocycles. The predicted molar refractivity (Wildman–Crippen MR) is 116 cm³/mol. The fourth-order valence-electron chi connectivity index (χ4n) is 2.95. The molecule has 0 aliphatic heterocycles. The molecule has 0 N–H and O–H groups in total. The second-order valence-corrected chi connectivity index (χ2v) is 7.06. The molecule has 0 bridgehead atoms. The normalized spacial score (nSPS) is 11.7. The molecule has 0 aliphatic carbocycles. The zero-order valence-electron chi connectivity index (χ0n) is 16.4. The first-order chi connectivity index (χ1) is 12.6. The van der Waals surface area contributed by atoms with E-state index in [-0.39, 0.29) is 0 Å². The fourth-order valence-corrected chi connectivity index (χ4v) is 2.95. The molecular formula is C25H31N. The smallest absolute Gasteiger partial charge is 0.0389 e. The lowest BCUT2D eigenvalue weighted by Gasteiger charge is -2.04. The molecule has 0 unspecified atom stereocenters. The molecule has 2 aromatic rings. The van der Waals surface area contributed by atoms with Crippen molar-refractivity contribution in [2.24, 2.45) is 4.99 Å². The number of hydrogen-bond donors (Lipinski definition) is 0. The van der Waals surface area contributed by atoms with E-state index in [0.29, 0.717) is 0 Å². The fraction of sp³-hybridized carbons (Fsp3) is 0.320. The number of rotatable bonds is 9. The Morgan fingerprint density at radius 2 is 1.50 bits per heavy atom. The molecule has 2 aromatic carbocycles. The second-order valence-electron chi connectivity index (χ2n) is 7.06. The number of hydrogen-bond acceptors (Lipinski definition) is 1. The van der Waals surface area contributed by atoms with Gasteiger partial charge in [-0.15, -0.1) is 0 Å². The highest BCUT2D eigenvalue weighted by molar-refractivity contribution is 5.72. The Labute approximate surface area is 159 Å². The molecule has 136 valence electrons. The van der Waals surface area contributed by atoms with Crippen molar-refractivity contribution in [1.82, 2.24) is 0 Å². The highest BCUT2D eigenvalue weighted by atomic mass is 14.7. The van der Waals surface area contributed by atoms with Gasteiger partial charge in [-0.1, -0.05) is 72.7 Å². The summed E-state index contributed by atoms with van der Waals surface area (Å²) in [7, 11) is 0. The maximum absolute atomic E-state index is 4.48. The van der Waals surface area contributed by atoms with Crippen LogP contribution in [0, 0.1) is 0 Å². The maximum Gasteiger partial charge on any atom is 0.0389 e. The molecular weight excluding hydrogens is 314 g/mol. The van der Waals surface area contributed by atoms with Crippen molar-refractivity contribution >= 4 is 6.21 Å². The van der Waals surface area contributed by atoms with E-state index in [1.165, 1.54) is 40.7 Å². The minimum absolute atomic E-state index is 0.922. The standard InChI is InChI=1S/C25H31N/c1-21(2)20-22(3)17-19-26-18-9-5-6-10-23-13-15-25(16-14-23)24-11-7-4-8-12-24/h4,7-8,11-17,19-20H,5-6,9-10,18H2,1-3H3/b22-17-,26-19+. The van der Waals surface area contributed by atoms with Gasteiger partial charge in [-0.2, -0.15) is 0 Å². The van der Waals surface area contributed by atoms with Gasteiger partial charge in [0.15, 0.2) is 0 Å². The molecule has 1 nitrogen and oxygen atoms in total. The average molecular weight is 346 g/mol. The number of allylic oxidation sites excluding steroid dienone is 4. The molecule has 0 radical (unpaired) electrons. The molecule has 1 heteroatoms. The average Bonchev–Trinajstić information content (AvgIpc) is 2.64. The SMILES string of the molecule is CC(C)=C/C(C)=C\C=N\CCCCCc1ccc(-c2ccccc2)cc1. The topological polar surface area (TPSA) is 12.4 Å². The summed E-state index contributed by atoms with van der Waals surface area (Å²) in [5, 5.41) is 0. The highest BCUT2D eigenvalue weighted by Crippen LogP contribution is 2.20. The van der Waals surface area contributed by atoms with Crippen molar-refractivity contribution in [2.75, 3.05) is 6.54 Å². The monoisotopic (exact) mass is 345 g/mol. The van der Waals surface area contributed by atoms with Crippen molar-refractivity contribution in [3.05, 3.63) is 83.5 Å². The third-order valence-electron chi connectivity index (χ3n) is 4.27. The lowest BCUT2D eigenvalue weighted by Crippen LogP contribution is -1.88. The summed E-state index contributed by atoms with van der Waals surface area (Å²) in [5.74, 6) is 0. The van der Waals surface area contributed by atoms with E-state index in [4.69, 9.17) is 0 Å². The summed E-state index contributed by atoms with van der Waals surface area (Å²) < 4.78 is 0. The van der Waals surface area contributed by atoms with Crippen LogP contribution in [0.4, 0.5) is 0 Å². The predicted octanol–water partition coefficient (Wildman–Crippen LogP) is 7.05. The van der Waals surface area contributed by atoms with E-state index < -0.39 is 0 Å². The molecule has 0 heterocycles. The minimum Gasteiger partial charge on any atom is -0.293 e. The van der Waals surface area contributed by atoms with Crippen LogP contribution in [0.25, 0.3) is 11.1 Å². The Bertz CT molecular complexity index is 729. The molecule has 0 atom stereocenters. The Morgan fingerprint density at radius 3 is 2.19 bits per heavy atom. The number of unbranched alkanes of at least 4 members (excludes halogenated alkanes) is 2. The van der Waals surface area contributed by atoms with Crippen molar-refractivity contribution < 1.29 is 0 Å². The van der Waals surface area contributed by atoms with Crippen molar-refractivity contribution in [1.29, 1.82) is 0 Å². The van der Waals surface area contributed by atoms with Gasteiger partial charge in [0.25, 0.3) is 0 Å². The van der Waals surface area contributed by atoms with Gasteiger partial charge in [0.05, 0.1) is 0 Å². The van der Waals surface area contributed by atoms with Gasteiger partial charge in [0.1, 0.15) is 0 Å². The van der Waals surface area contributed by atoms with Gasteiger partial charge in [0.2, 0.25) is 0 Å². The van der Waals surface area contributed by atoms with E-state index in [9.17, 15) is 0 Å². The van der Waals surface area contributed by atoms with Crippen LogP contribution in [0.2, 0.25) is 0 Å². The van der Waals surface area contributed by atoms with E-state index >= 15 is 0 Å². The number of aryl methyl sites for hydroxylation is 1. The van der Waals surface area contributed by atoms with Gasteiger partial charge in [0, 0.05) is 12.8 Å². The number of aliphatic imine (C=N–C) groups is 1. The van der Waals surface area contributed by atoms with Gasteiger partial charge in [-0.25, -0.2) is 0 Å². The van der Waals surface area contributed by atoms with Crippen molar-refractivity contribution in [2.45, 2.75) is 46.5 Å². The van der Waals surface area contributed by atoms with Crippen LogP contribution in [-0.4, -0.2) is 12.8 Å². The third kappa shape index (κ3) is 7.65. The van der Waals surface area contributed by atoms with Crippen LogP contribution >= 0.6 is 0 Å². The largest absolute Gasteiger partial charge is 0.293 e. The van der Waals surface area contributed by atoms with Gasteiger partial charge >= 0.3 is 0 Å². The summed E-state index contributed by atoms with van der Waals surface area (Å²) in [5.41, 5.74) is 6.58. The van der Waals surface area contributed by atoms with E-state index in [1.807, 2.05) is 6.21 Å². The van der Waals surface area contributed by atoms with Crippen LogP contribution < -0.4 is 0 Å². The summed E-state index contributed by atoms with van der Waals surface area (Å²) in [4.78, 5) is 4.48. The first-order valence-electron chi connectivity index (χ1n) is 9.61. The summed E-state index contributed by atoms with van der Waals surface area (Å²) in [6, 6.07) is 19.5. The molecule has 0 spiro atoms. The molecule has 0 fully saturated rings. The first kappa shape index (κ1) is 19.9. The molecule has 26 heavy (non-hydrogen) atoms. The van der Waals surface area contributed by atoms with Crippen molar-refractivity contribution in [3.8, 4) is 11.1 Å². The zero-order chi connectivity index (χ0) is 18.6. The molecule has 0 aliphatic rings. The van der Waals surface area contributed by atoms with Gasteiger partial charge in [-0.3, -0.25) is 4.99 Å². The Kier molecular flexibility index (Phi) is 8.62. The number of benzene rings is 2. The quantitative estimate of drug-likeness (QED) is 0.262. The van der Waals surface area contributed by atoms with Crippen LogP contribution in [0.1, 0.15) is 45.6 Å². The summed E-state index contributed by atoms with van der Waals surface area (Å²) in [6.07, 6.45) is 11.0. The molecule has 0 saturated carbocycles. The van der Waals surface area contributed by atoms with Crippen LogP contribution in [-0.2, 0) is 6.42 Å². The lowest BCUT2D eigenvalue weighted by atomic mass is 10.0. The second kappa shape index (κ2) is 11.3. The summed E-state index contributed by atoms with van der Waals surface area (Å²) in [6.45, 7) is 7.26. The molecule has 0 aromatic heterocycles. The Balaban J connectivity index is 1.65. The highest BCUT2D eigenvalue weighted by Gasteiger charge is 1.98. The van der Waals surface area contributed by atoms with Crippen LogP contribution in [0.3, 0.4) is 0 Å². The van der Waals surface area contributed by atoms with Crippen LogP contribution in [0.15, 0.2) is 82.9 Å². The van der Waals surface area contributed by atoms with E-state index in [1.54, 1.807) is 0 Å². The molecule has 0 amide bonds. The van der Waals surface area contributed by atoms with Crippen molar-refractivity contribution in [3.63, 3.8) is 0 Å². The Morgan fingerprint density at radius 1 is 0.808 bits per heavy atom. The van der Waals surface area contributed by atoms with Crippen LogP contribution in [0.5, 0.6) is 0 Å². The summed E-state index contributed by atoms with van der Waals surface area (Å²) >= 11 is 0. The molecule has 2 rings (SSSR count). The van der Waals surface area contributed by atoms with Gasteiger partial charge < -0.3 is 0 Å². The zero-order valence-corrected chi connectivity index (χ0v) is 16.4. The third-order valence-corrected chi connectivity index (χ3v) is 4.27. The first-order valence-corrected chi connectivity index (χ1v) is 9.61. The van der Waals surface area contributed by atoms with E-state index in [0.717, 1.165) is 19.4 Å². The minimum atomic E-state index is 0.922. The van der Waals surface area contributed by atoms with E-state index in [2.05, 4.69) is 92.5 Å². The maximum atomic E-state index is 4.48. The lowest BCUT2D eigenvalue weighted by molar-refractivity contribution is 0.688.